The van der Waals surface area contributed by atoms with Gasteiger partial charge in [0.2, 0.25) is 0 Å². The summed E-state index contributed by atoms with van der Waals surface area (Å²) < 4.78 is 0. The molecule has 0 bridgehead atoms. The molecule has 1 saturated heterocycles. The summed E-state index contributed by atoms with van der Waals surface area (Å²) >= 11 is 0. The number of carboxylic acids is 1. The number of carboxylic acid groups (broad SMARTS) is 1. The molecule has 116 valence electrons. The van der Waals surface area contributed by atoms with Crippen LogP contribution in [0.4, 0.5) is 0 Å². The normalized spacial score (nSPS) is 27.6. The van der Waals surface area contributed by atoms with Crippen molar-refractivity contribution in [2.24, 2.45) is 11.8 Å². The first-order chi connectivity index (χ1) is 9.67. The molecule has 1 heterocycles. The summed E-state index contributed by atoms with van der Waals surface area (Å²) in [4.78, 5) is 13.0. The van der Waals surface area contributed by atoms with Crippen LogP contribution in [0.25, 0.3) is 0 Å². The zero-order valence-electron chi connectivity index (χ0n) is 12.3. The molecule has 3 N–H and O–H groups in total. The molecule has 0 aromatic rings. The van der Waals surface area contributed by atoms with Gasteiger partial charge in [0, 0.05) is 32.3 Å². The lowest BCUT2D eigenvalue weighted by molar-refractivity contribution is -0.137. The van der Waals surface area contributed by atoms with Crippen LogP contribution in [0.5, 0.6) is 0 Å². The molecule has 5 nitrogen and oxygen atoms in total. The molecule has 0 amide bonds. The van der Waals surface area contributed by atoms with E-state index in [1.807, 2.05) is 0 Å². The third-order valence-corrected chi connectivity index (χ3v) is 4.39. The van der Waals surface area contributed by atoms with Gasteiger partial charge in [-0.25, -0.2) is 0 Å². The van der Waals surface area contributed by atoms with Crippen LogP contribution in [-0.2, 0) is 4.79 Å². The molecule has 1 aliphatic carbocycles. The summed E-state index contributed by atoms with van der Waals surface area (Å²) in [7, 11) is 0. The molecule has 1 saturated carbocycles. The van der Waals surface area contributed by atoms with E-state index in [4.69, 9.17) is 10.2 Å². The van der Waals surface area contributed by atoms with Gasteiger partial charge in [-0.2, -0.15) is 0 Å². The highest BCUT2D eigenvalue weighted by molar-refractivity contribution is 5.66. The van der Waals surface area contributed by atoms with Gasteiger partial charge in [-0.1, -0.05) is 12.8 Å². The second-order valence-electron chi connectivity index (χ2n) is 6.41. The second-order valence-corrected chi connectivity index (χ2v) is 6.41. The minimum absolute atomic E-state index is 0.230. The van der Waals surface area contributed by atoms with E-state index in [0.717, 1.165) is 32.0 Å². The van der Waals surface area contributed by atoms with Crippen molar-refractivity contribution in [1.29, 1.82) is 0 Å². The van der Waals surface area contributed by atoms with Crippen molar-refractivity contribution in [2.75, 3.05) is 32.8 Å². The first kappa shape index (κ1) is 15.7. The first-order valence-corrected chi connectivity index (χ1v) is 7.95. The van der Waals surface area contributed by atoms with E-state index in [1.165, 1.54) is 25.7 Å². The quantitative estimate of drug-likeness (QED) is 0.549. The van der Waals surface area contributed by atoms with Crippen LogP contribution in [0.2, 0.25) is 0 Å². The number of aliphatic hydroxyl groups is 1. The number of piperidine rings is 1. The molecular weight excluding hydrogens is 256 g/mol. The molecular formula is C15H28N2O3. The summed E-state index contributed by atoms with van der Waals surface area (Å²) in [6, 6.07) is 0.452. The smallest absolute Gasteiger partial charge is 0.304 e. The van der Waals surface area contributed by atoms with Gasteiger partial charge < -0.3 is 20.4 Å². The Kier molecular flexibility index (Phi) is 6.26. The molecule has 0 spiro atoms. The third-order valence-electron chi connectivity index (χ3n) is 4.39. The fourth-order valence-corrected chi connectivity index (χ4v) is 3.27. The van der Waals surface area contributed by atoms with E-state index in [9.17, 15) is 4.79 Å². The second kappa shape index (κ2) is 7.96. The highest BCUT2D eigenvalue weighted by Crippen LogP contribution is 2.37. The Morgan fingerprint density at radius 3 is 2.70 bits per heavy atom. The maximum absolute atomic E-state index is 10.7. The average Bonchev–Trinajstić information content (AvgIpc) is 3.20. The summed E-state index contributed by atoms with van der Waals surface area (Å²) in [5, 5.41) is 21.2. The standard InChI is InChI=1S/C15H28N2O3/c18-7-1-5-16-14-9-13(8-12-2-3-12)10-17(11-14)6-4-15(19)20/h12-14,16,18H,1-11H2,(H,19,20). The summed E-state index contributed by atoms with van der Waals surface area (Å²) in [5.41, 5.74) is 0. The van der Waals surface area contributed by atoms with E-state index in [-0.39, 0.29) is 13.0 Å². The first-order valence-electron chi connectivity index (χ1n) is 7.95. The van der Waals surface area contributed by atoms with Gasteiger partial charge in [-0.05, 0) is 37.6 Å². The van der Waals surface area contributed by atoms with Gasteiger partial charge in [-0.3, -0.25) is 4.79 Å². The van der Waals surface area contributed by atoms with Crippen LogP contribution in [-0.4, -0.2) is 59.9 Å². The number of aliphatic carboxylic acids is 1. The van der Waals surface area contributed by atoms with E-state index in [2.05, 4.69) is 10.2 Å². The fourth-order valence-electron chi connectivity index (χ4n) is 3.27. The van der Waals surface area contributed by atoms with E-state index >= 15 is 0 Å². The summed E-state index contributed by atoms with van der Waals surface area (Å²) in [5.74, 6) is 0.924. The zero-order chi connectivity index (χ0) is 14.4. The topological polar surface area (TPSA) is 72.8 Å². The predicted molar refractivity (Wildman–Crippen MR) is 77.6 cm³/mol. The van der Waals surface area contributed by atoms with Gasteiger partial charge in [0.25, 0.3) is 0 Å². The van der Waals surface area contributed by atoms with E-state index in [0.29, 0.717) is 18.5 Å². The Hall–Kier alpha value is -0.650. The molecule has 0 aromatic carbocycles. The predicted octanol–water partition coefficient (Wildman–Crippen LogP) is 0.924. The molecule has 2 fully saturated rings. The van der Waals surface area contributed by atoms with Crippen molar-refractivity contribution in [2.45, 2.75) is 44.6 Å². The highest BCUT2D eigenvalue weighted by Gasteiger charge is 2.31. The minimum atomic E-state index is -0.709. The van der Waals surface area contributed by atoms with Crippen molar-refractivity contribution < 1.29 is 15.0 Å². The minimum Gasteiger partial charge on any atom is -0.481 e. The van der Waals surface area contributed by atoms with Crippen molar-refractivity contribution in [3.8, 4) is 0 Å². The Morgan fingerprint density at radius 1 is 1.25 bits per heavy atom. The molecule has 0 aromatic heterocycles. The lowest BCUT2D eigenvalue weighted by Gasteiger charge is -2.38. The summed E-state index contributed by atoms with van der Waals surface area (Å²) in [6.07, 6.45) is 6.30. The van der Waals surface area contributed by atoms with Crippen LogP contribution >= 0.6 is 0 Å². The van der Waals surface area contributed by atoms with Crippen molar-refractivity contribution in [3.05, 3.63) is 0 Å². The van der Waals surface area contributed by atoms with Gasteiger partial charge in [0.1, 0.15) is 0 Å². The van der Waals surface area contributed by atoms with E-state index < -0.39 is 5.97 Å². The largest absolute Gasteiger partial charge is 0.481 e. The number of rotatable bonds is 9. The van der Waals surface area contributed by atoms with Gasteiger partial charge in [0.15, 0.2) is 0 Å². The number of hydrogen-bond acceptors (Lipinski definition) is 4. The van der Waals surface area contributed by atoms with Crippen LogP contribution in [0, 0.1) is 11.8 Å². The number of likely N-dealkylation sites (tertiary alicyclic amines) is 1. The van der Waals surface area contributed by atoms with Crippen molar-refractivity contribution in [3.63, 3.8) is 0 Å². The monoisotopic (exact) mass is 284 g/mol. The molecule has 20 heavy (non-hydrogen) atoms. The molecule has 2 unspecified atom stereocenters. The fraction of sp³-hybridized carbons (Fsp3) is 0.933. The van der Waals surface area contributed by atoms with Gasteiger partial charge in [-0.15, -0.1) is 0 Å². The lowest BCUT2D eigenvalue weighted by atomic mass is 9.89. The van der Waals surface area contributed by atoms with Crippen molar-refractivity contribution in [1.82, 2.24) is 10.2 Å². The third kappa shape index (κ3) is 5.77. The molecule has 2 rings (SSSR count). The number of carbonyl (C=O) groups is 1. The maximum atomic E-state index is 10.7. The molecule has 2 aliphatic rings. The Morgan fingerprint density at radius 2 is 2.05 bits per heavy atom. The SMILES string of the molecule is O=C(O)CCN1CC(CC2CC2)CC(NCCCO)C1. The number of nitrogens with zero attached hydrogens (tertiary/aromatic N) is 1. The maximum Gasteiger partial charge on any atom is 0.304 e. The Bertz CT molecular complexity index is 307. The zero-order valence-corrected chi connectivity index (χ0v) is 12.3. The average molecular weight is 284 g/mol. The Balaban J connectivity index is 1.78. The molecule has 5 heteroatoms. The van der Waals surface area contributed by atoms with Crippen LogP contribution in [0.1, 0.15) is 38.5 Å². The van der Waals surface area contributed by atoms with Crippen LogP contribution < -0.4 is 5.32 Å². The molecule has 2 atom stereocenters. The van der Waals surface area contributed by atoms with Crippen LogP contribution in [0.15, 0.2) is 0 Å². The molecule has 1 aliphatic heterocycles. The van der Waals surface area contributed by atoms with Crippen LogP contribution in [0.3, 0.4) is 0 Å². The number of aliphatic hydroxyl groups excluding tert-OH is 1. The van der Waals surface area contributed by atoms with Gasteiger partial charge in [0.05, 0.1) is 6.42 Å². The summed E-state index contributed by atoms with van der Waals surface area (Å²) in [6.45, 7) is 3.74. The number of hydrogen-bond donors (Lipinski definition) is 3. The number of nitrogens with one attached hydrogen (secondary N) is 1. The van der Waals surface area contributed by atoms with Gasteiger partial charge >= 0.3 is 5.97 Å². The van der Waals surface area contributed by atoms with E-state index in [1.54, 1.807) is 0 Å². The molecule has 0 radical (unpaired) electrons. The highest BCUT2D eigenvalue weighted by atomic mass is 16.4. The Labute approximate surface area is 121 Å². The van der Waals surface area contributed by atoms with Crippen molar-refractivity contribution >= 4 is 5.97 Å². The lowest BCUT2D eigenvalue weighted by Crippen LogP contribution is -2.50.